The minimum atomic E-state index is -1.25. The third kappa shape index (κ3) is 4.79. The first-order valence-electron chi connectivity index (χ1n) is 15.3. The molecule has 1 saturated heterocycles. The second-order valence-corrected chi connectivity index (χ2v) is 15.2. The lowest BCUT2D eigenvalue weighted by atomic mass is 9.68. The van der Waals surface area contributed by atoms with Crippen molar-refractivity contribution in [1.82, 2.24) is 9.88 Å². The first-order chi connectivity index (χ1) is 22.6. The zero-order valence-electron chi connectivity index (χ0n) is 24.8. The van der Waals surface area contributed by atoms with Gasteiger partial charge in [-0.05, 0) is 72.2 Å². The van der Waals surface area contributed by atoms with Crippen molar-refractivity contribution in [3.63, 3.8) is 0 Å². The molecule has 10 nitrogen and oxygen atoms in total. The predicted molar refractivity (Wildman–Crippen MR) is 177 cm³/mol. The molecule has 3 amide bonds. The summed E-state index contributed by atoms with van der Waals surface area (Å²) in [5.41, 5.74) is 1.33. The highest BCUT2D eigenvalue weighted by Gasteiger charge is 2.70. The maximum absolute atomic E-state index is 13.7. The van der Waals surface area contributed by atoms with Gasteiger partial charge in [0.1, 0.15) is 11.8 Å². The second-order valence-electron chi connectivity index (χ2n) is 12.6. The molecule has 7 unspecified atom stereocenters. The van der Waals surface area contributed by atoms with Crippen LogP contribution in [0.15, 0.2) is 70.5 Å². The largest absolute Gasteiger partial charge is 0.483 e. The van der Waals surface area contributed by atoms with Gasteiger partial charge < -0.3 is 20.1 Å². The molecule has 3 fully saturated rings. The van der Waals surface area contributed by atoms with Crippen LogP contribution in [0, 0.1) is 29.6 Å². The van der Waals surface area contributed by atoms with Crippen LogP contribution in [0.1, 0.15) is 29.7 Å². The van der Waals surface area contributed by atoms with Crippen molar-refractivity contribution in [2.75, 3.05) is 11.9 Å². The van der Waals surface area contributed by atoms with Crippen LogP contribution >= 0.6 is 34.7 Å². The van der Waals surface area contributed by atoms with Crippen molar-refractivity contribution in [1.29, 1.82) is 0 Å². The van der Waals surface area contributed by atoms with E-state index in [-0.39, 0.29) is 40.4 Å². The van der Waals surface area contributed by atoms with Crippen molar-refractivity contribution in [3.05, 3.63) is 85.8 Å². The van der Waals surface area contributed by atoms with Crippen molar-refractivity contribution in [2.24, 2.45) is 29.6 Å². The monoisotopic (exact) mass is 689 g/mol. The summed E-state index contributed by atoms with van der Waals surface area (Å²) < 4.78 is 6.16. The highest BCUT2D eigenvalue weighted by atomic mass is 35.5. The first kappa shape index (κ1) is 30.2. The van der Waals surface area contributed by atoms with Crippen LogP contribution in [0.2, 0.25) is 5.02 Å². The Balaban J connectivity index is 1.11. The Hall–Kier alpha value is -4.13. The van der Waals surface area contributed by atoms with E-state index >= 15 is 0 Å². The van der Waals surface area contributed by atoms with E-state index in [9.17, 15) is 29.1 Å². The molecule has 13 heteroatoms. The van der Waals surface area contributed by atoms with Gasteiger partial charge in [-0.1, -0.05) is 53.3 Å². The number of likely N-dealkylation sites (tertiary alicyclic amines) is 1. The van der Waals surface area contributed by atoms with E-state index in [1.54, 1.807) is 18.2 Å². The number of ether oxygens (including phenoxy) is 1. The Morgan fingerprint density at radius 2 is 1.79 bits per heavy atom. The number of benzene rings is 3. The number of aromatic nitrogens is 1. The van der Waals surface area contributed by atoms with Crippen molar-refractivity contribution >= 4 is 74.9 Å². The van der Waals surface area contributed by atoms with Gasteiger partial charge in [0, 0.05) is 32.3 Å². The fourth-order valence-electron chi connectivity index (χ4n) is 8.38. The van der Waals surface area contributed by atoms with Crippen LogP contribution in [0.5, 0.6) is 5.75 Å². The molecule has 8 rings (SSSR count). The number of hydrogen-bond acceptors (Lipinski definition) is 8. The molecule has 2 aliphatic carbocycles. The molecule has 8 atom stereocenters. The fourth-order valence-corrected chi connectivity index (χ4v) is 11.4. The van der Waals surface area contributed by atoms with Gasteiger partial charge in [-0.3, -0.25) is 24.1 Å². The highest BCUT2D eigenvalue weighted by molar-refractivity contribution is 8.00. The van der Waals surface area contributed by atoms with Gasteiger partial charge in [0.05, 0.1) is 16.9 Å². The molecule has 4 aliphatic rings. The van der Waals surface area contributed by atoms with E-state index in [2.05, 4.69) is 10.3 Å². The number of aliphatic carboxylic acids is 1. The van der Waals surface area contributed by atoms with E-state index in [4.69, 9.17) is 16.3 Å². The van der Waals surface area contributed by atoms with Crippen LogP contribution in [-0.4, -0.2) is 56.6 Å². The number of carboxylic acids is 1. The number of carbonyl (C=O) groups is 4. The minimum absolute atomic E-state index is 0.108. The second kappa shape index (κ2) is 11.2. The summed E-state index contributed by atoms with van der Waals surface area (Å²) >= 11 is 9.18. The summed E-state index contributed by atoms with van der Waals surface area (Å²) in [5.74, 6) is -4.18. The third-order valence-electron chi connectivity index (χ3n) is 10.2. The highest BCUT2D eigenvalue weighted by Crippen LogP contribution is 2.69. The number of carboxylic acid groups (broad SMARTS) is 1. The summed E-state index contributed by atoms with van der Waals surface area (Å²) in [6.07, 6.45) is 0.644. The Kier molecular flexibility index (Phi) is 7.23. The number of fused-ring (bicyclic) bond motifs is 10. The van der Waals surface area contributed by atoms with Crippen molar-refractivity contribution < 1.29 is 29.0 Å². The smallest absolute Gasteiger partial charge is 0.326 e. The summed E-state index contributed by atoms with van der Waals surface area (Å²) in [7, 11) is 0. The number of imide groups is 1. The van der Waals surface area contributed by atoms with E-state index in [0.717, 1.165) is 31.9 Å². The Morgan fingerprint density at radius 3 is 2.55 bits per heavy atom. The minimum Gasteiger partial charge on any atom is -0.483 e. The zero-order valence-corrected chi connectivity index (χ0v) is 27.2. The maximum atomic E-state index is 13.7. The SMILES string of the molecule is CC(C(=O)O)N1C(=O)C2C3CC(C2C1=O)C1C3Sc2[nH]c(=O)sc2[C@@H]1c1cc(Cl)ccc1OCC(=O)Nc1ccc2ccccc2c1. The first-order valence-corrected chi connectivity index (χ1v) is 17.4. The summed E-state index contributed by atoms with van der Waals surface area (Å²) in [6, 6.07) is 17.4. The summed E-state index contributed by atoms with van der Waals surface area (Å²) in [4.78, 5) is 69.3. The molecular formula is C34H28ClN3O7S2. The number of amides is 3. The normalized spacial score (nSPS) is 27.8. The molecule has 4 aromatic rings. The number of nitrogens with zero attached hydrogens (tertiary/aromatic N) is 1. The molecule has 240 valence electrons. The number of aromatic amines is 1. The predicted octanol–water partition coefficient (Wildman–Crippen LogP) is 5.21. The van der Waals surface area contributed by atoms with Crippen LogP contribution in [0.25, 0.3) is 10.8 Å². The lowest BCUT2D eigenvalue weighted by Gasteiger charge is -2.43. The van der Waals surface area contributed by atoms with E-state index < -0.39 is 41.6 Å². The molecular weight excluding hydrogens is 662 g/mol. The van der Waals surface area contributed by atoms with E-state index in [1.807, 2.05) is 42.5 Å². The van der Waals surface area contributed by atoms with Crippen LogP contribution < -0.4 is 14.9 Å². The zero-order chi connectivity index (χ0) is 32.7. The Morgan fingerprint density at radius 1 is 1.04 bits per heavy atom. The third-order valence-corrected chi connectivity index (χ3v) is 13.0. The van der Waals surface area contributed by atoms with Crippen LogP contribution in [0.4, 0.5) is 5.69 Å². The van der Waals surface area contributed by atoms with Crippen LogP contribution in [0.3, 0.4) is 0 Å². The number of H-pyrrole nitrogens is 1. The molecule has 3 heterocycles. The van der Waals surface area contributed by atoms with Gasteiger partial charge in [-0.15, -0.1) is 11.8 Å². The van der Waals surface area contributed by atoms with E-state index in [1.165, 1.54) is 18.7 Å². The number of carbonyl (C=O) groups excluding carboxylic acids is 3. The molecule has 3 N–H and O–H groups in total. The standard InChI is InChI=1S/C34H28ClN3O7S2/c1-14(33(42)43)38-31(40)26-20-12-21(27(26)32(38)41)28-25(20)24(29-30(46-28)37-34(44)47-29)19-11-17(35)7-9-22(19)45-13-23(39)36-18-8-6-15-4-2-3-5-16(15)10-18/h2-11,14,20-21,24-28H,12-13H2,1H3,(H,36,39)(H,37,44)(H,42,43)/t14?,20?,21?,24-,25?,26?,27?,28?/m1/s1. The molecule has 47 heavy (non-hydrogen) atoms. The lowest BCUT2D eigenvalue weighted by Crippen LogP contribution is -2.44. The molecule has 2 bridgehead atoms. The Bertz CT molecular complexity index is 2060. The fraction of sp³-hybridized carbons (Fsp3) is 0.324. The average molecular weight is 690 g/mol. The van der Waals surface area contributed by atoms with Gasteiger partial charge in [0.2, 0.25) is 11.8 Å². The average Bonchev–Trinajstić information content (AvgIpc) is 3.78. The number of rotatable bonds is 7. The van der Waals surface area contributed by atoms with Crippen molar-refractivity contribution in [3.8, 4) is 5.75 Å². The molecule has 0 radical (unpaired) electrons. The molecule has 1 aromatic heterocycles. The molecule has 2 aliphatic heterocycles. The van der Waals surface area contributed by atoms with Crippen LogP contribution in [-0.2, 0) is 19.2 Å². The molecule has 0 spiro atoms. The number of thioether (sulfide) groups is 1. The van der Waals surface area contributed by atoms with Gasteiger partial charge in [-0.2, -0.15) is 0 Å². The number of halogens is 1. The maximum Gasteiger partial charge on any atom is 0.326 e. The number of nitrogens with one attached hydrogen (secondary N) is 2. The number of thiazole rings is 1. The van der Waals surface area contributed by atoms with Gasteiger partial charge >= 0.3 is 10.8 Å². The quantitative estimate of drug-likeness (QED) is 0.224. The number of hydrogen-bond donors (Lipinski definition) is 3. The molecule has 3 aromatic carbocycles. The lowest BCUT2D eigenvalue weighted by molar-refractivity contribution is -0.154. The van der Waals surface area contributed by atoms with Gasteiger partial charge in [0.25, 0.3) is 5.91 Å². The van der Waals surface area contributed by atoms with E-state index in [0.29, 0.717) is 33.5 Å². The molecule has 2 saturated carbocycles. The van der Waals surface area contributed by atoms with Gasteiger partial charge in [0.15, 0.2) is 6.61 Å². The summed E-state index contributed by atoms with van der Waals surface area (Å²) in [6.45, 7) is 1.08. The Labute approximate surface area is 281 Å². The summed E-state index contributed by atoms with van der Waals surface area (Å²) in [5, 5.41) is 15.6. The van der Waals surface area contributed by atoms with Gasteiger partial charge in [-0.25, -0.2) is 4.79 Å². The van der Waals surface area contributed by atoms with Crippen molar-refractivity contribution in [2.45, 2.75) is 35.6 Å². The topological polar surface area (TPSA) is 146 Å². The number of anilines is 1.